The number of nitrogens with zero attached hydrogens (tertiary/aromatic N) is 1. The van der Waals surface area contributed by atoms with Crippen LogP contribution in [0.1, 0.15) is 23.6 Å². The van der Waals surface area contributed by atoms with E-state index in [1.807, 2.05) is 37.3 Å². The largest absolute Gasteiger partial charge is 0.456 e. The summed E-state index contributed by atoms with van der Waals surface area (Å²) in [6, 6.07) is 13.9. The zero-order valence-electron chi connectivity index (χ0n) is 11.9. The van der Waals surface area contributed by atoms with E-state index in [0.29, 0.717) is 11.3 Å². The highest BCUT2D eigenvalue weighted by Crippen LogP contribution is 2.33. The maximum atomic E-state index is 9.38. The van der Waals surface area contributed by atoms with Crippen LogP contribution in [0.3, 0.4) is 0 Å². The molecule has 102 valence electrons. The second-order valence-electron chi connectivity index (χ2n) is 4.47. The SMILES string of the molecule is CCSc1cccc(Oc2cccc(C)c2C)c1C#N. The first-order valence-electron chi connectivity index (χ1n) is 6.57. The van der Waals surface area contributed by atoms with Crippen LogP contribution in [0.25, 0.3) is 0 Å². The fraction of sp³-hybridized carbons (Fsp3) is 0.235. The molecular formula is C17H17NOS. The number of rotatable bonds is 4. The minimum absolute atomic E-state index is 0.611. The van der Waals surface area contributed by atoms with Crippen molar-refractivity contribution in [2.45, 2.75) is 25.7 Å². The molecule has 2 aromatic rings. The van der Waals surface area contributed by atoms with Crippen molar-refractivity contribution in [2.24, 2.45) is 0 Å². The molecule has 20 heavy (non-hydrogen) atoms. The van der Waals surface area contributed by atoms with Crippen molar-refractivity contribution >= 4 is 11.8 Å². The van der Waals surface area contributed by atoms with Crippen molar-refractivity contribution < 1.29 is 4.74 Å². The Bertz CT molecular complexity index is 659. The average Bonchev–Trinajstić information content (AvgIpc) is 2.44. The fourth-order valence-electron chi connectivity index (χ4n) is 1.94. The first-order valence-corrected chi connectivity index (χ1v) is 7.56. The van der Waals surface area contributed by atoms with Crippen LogP contribution in [0, 0.1) is 25.2 Å². The molecule has 0 heterocycles. The summed E-state index contributed by atoms with van der Waals surface area (Å²) < 4.78 is 5.96. The summed E-state index contributed by atoms with van der Waals surface area (Å²) in [7, 11) is 0. The van der Waals surface area contributed by atoms with E-state index in [1.54, 1.807) is 11.8 Å². The van der Waals surface area contributed by atoms with E-state index >= 15 is 0 Å². The summed E-state index contributed by atoms with van der Waals surface area (Å²) in [5, 5.41) is 9.38. The molecule has 0 spiro atoms. The number of aryl methyl sites for hydroxylation is 1. The second-order valence-corrected chi connectivity index (χ2v) is 5.78. The van der Waals surface area contributed by atoms with Crippen molar-refractivity contribution in [2.75, 3.05) is 5.75 Å². The lowest BCUT2D eigenvalue weighted by atomic mass is 10.1. The molecule has 0 saturated carbocycles. The van der Waals surface area contributed by atoms with Crippen LogP contribution in [0.2, 0.25) is 0 Å². The molecule has 0 N–H and O–H groups in total. The van der Waals surface area contributed by atoms with E-state index in [0.717, 1.165) is 22.0 Å². The van der Waals surface area contributed by atoms with Gasteiger partial charge in [0, 0.05) is 4.90 Å². The molecule has 0 aliphatic heterocycles. The van der Waals surface area contributed by atoms with Gasteiger partial charge in [0.15, 0.2) is 0 Å². The normalized spacial score (nSPS) is 10.1. The van der Waals surface area contributed by atoms with Crippen molar-refractivity contribution in [3.8, 4) is 17.6 Å². The summed E-state index contributed by atoms with van der Waals surface area (Å²) in [4.78, 5) is 0.970. The van der Waals surface area contributed by atoms with Crippen molar-refractivity contribution in [1.29, 1.82) is 5.26 Å². The minimum Gasteiger partial charge on any atom is -0.456 e. The van der Waals surface area contributed by atoms with Gasteiger partial charge in [-0.1, -0.05) is 25.1 Å². The number of hydrogen-bond acceptors (Lipinski definition) is 3. The third kappa shape index (κ3) is 2.97. The smallest absolute Gasteiger partial charge is 0.146 e. The van der Waals surface area contributed by atoms with Gasteiger partial charge in [-0.2, -0.15) is 5.26 Å². The highest BCUT2D eigenvalue weighted by atomic mass is 32.2. The quantitative estimate of drug-likeness (QED) is 0.734. The molecule has 0 aromatic heterocycles. The third-order valence-electron chi connectivity index (χ3n) is 3.17. The lowest BCUT2D eigenvalue weighted by Gasteiger charge is -2.13. The molecule has 2 aromatic carbocycles. The summed E-state index contributed by atoms with van der Waals surface area (Å²) in [5.74, 6) is 2.36. The lowest BCUT2D eigenvalue weighted by molar-refractivity contribution is 0.475. The molecule has 0 bridgehead atoms. The van der Waals surface area contributed by atoms with Crippen LogP contribution in [0.5, 0.6) is 11.5 Å². The van der Waals surface area contributed by atoms with Gasteiger partial charge in [-0.15, -0.1) is 11.8 Å². The fourth-order valence-corrected chi connectivity index (χ4v) is 2.71. The van der Waals surface area contributed by atoms with Crippen LogP contribution < -0.4 is 4.74 Å². The van der Waals surface area contributed by atoms with Gasteiger partial charge in [-0.25, -0.2) is 0 Å². The zero-order valence-corrected chi connectivity index (χ0v) is 12.8. The highest BCUT2D eigenvalue weighted by Gasteiger charge is 2.11. The van der Waals surface area contributed by atoms with E-state index in [2.05, 4.69) is 26.0 Å². The molecule has 0 aliphatic carbocycles. The Morgan fingerprint density at radius 3 is 2.50 bits per heavy atom. The van der Waals surface area contributed by atoms with Crippen LogP contribution in [-0.2, 0) is 0 Å². The predicted molar refractivity (Wildman–Crippen MR) is 83.5 cm³/mol. The lowest BCUT2D eigenvalue weighted by Crippen LogP contribution is -1.93. The molecule has 0 fully saturated rings. The monoisotopic (exact) mass is 283 g/mol. The Morgan fingerprint density at radius 1 is 1.10 bits per heavy atom. The van der Waals surface area contributed by atoms with Crippen LogP contribution in [-0.4, -0.2) is 5.75 Å². The van der Waals surface area contributed by atoms with Crippen molar-refractivity contribution in [3.05, 3.63) is 53.1 Å². The topological polar surface area (TPSA) is 33.0 Å². The standard InChI is InChI=1S/C17H17NOS/c1-4-20-17-10-6-9-16(14(17)11-18)19-15-8-5-7-12(2)13(15)3/h5-10H,4H2,1-3H3. The van der Waals surface area contributed by atoms with E-state index in [9.17, 15) is 5.26 Å². The Kier molecular flexibility index (Phi) is 4.70. The molecule has 0 radical (unpaired) electrons. The maximum absolute atomic E-state index is 9.38. The van der Waals surface area contributed by atoms with Gasteiger partial charge >= 0.3 is 0 Å². The minimum atomic E-state index is 0.611. The Hall–Kier alpha value is -1.92. The van der Waals surface area contributed by atoms with Gasteiger partial charge in [-0.05, 0) is 48.9 Å². The summed E-state index contributed by atoms with van der Waals surface area (Å²) >= 11 is 1.66. The molecule has 0 unspecified atom stereocenters. The summed E-state index contributed by atoms with van der Waals surface area (Å²) in [5.41, 5.74) is 2.89. The Morgan fingerprint density at radius 2 is 1.80 bits per heavy atom. The number of thioether (sulfide) groups is 1. The molecule has 2 nitrogen and oxygen atoms in total. The summed E-state index contributed by atoms with van der Waals surface area (Å²) in [6.45, 7) is 6.15. The molecule has 0 saturated heterocycles. The zero-order chi connectivity index (χ0) is 14.5. The van der Waals surface area contributed by atoms with Gasteiger partial charge in [0.1, 0.15) is 23.1 Å². The first kappa shape index (κ1) is 14.5. The van der Waals surface area contributed by atoms with Crippen LogP contribution in [0.15, 0.2) is 41.3 Å². The first-order chi connectivity index (χ1) is 9.67. The number of nitriles is 1. The molecular weight excluding hydrogens is 266 g/mol. The van der Waals surface area contributed by atoms with Gasteiger partial charge in [0.05, 0.1) is 0 Å². The van der Waals surface area contributed by atoms with E-state index < -0.39 is 0 Å². The summed E-state index contributed by atoms with van der Waals surface area (Å²) in [6.07, 6.45) is 0. The Balaban J connectivity index is 2.41. The molecule has 2 rings (SSSR count). The molecule has 3 heteroatoms. The van der Waals surface area contributed by atoms with Crippen LogP contribution >= 0.6 is 11.8 Å². The number of hydrogen-bond donors (Lipinski definition) is 0. The molecule has 0 amide bonds. The number of ether oxygens (including phenoxy) is 1. The van der Waals surface area contributed by atoms with Gasteiger partial charge in [0.25, 0.3) is 0 Å². The third-order valence-corrected chi connectivity index (χ3v) is 4.11. The molecule has 0 aliphatic rings. The van der Waals surface area contributed by atoms with E-state index in [4.69, 9.17) is 4.74 Å². The highest BCUT2D eigenvalue weighted by molar-refractivity contribution is 7.99. The van der Waals surface area contributed by atoms with Crippen LogP contribution in [0.4, 0.5) is 0 Å². The second kappa shape index (κ2) is 6.49. The van der Waals surface area contributed by atoms with Gasteiger partial charge in [-0.3, -0.25) is 0 Å². The van der Waals surface area contributed by atoms with Gasteiger partial charge < -0.3 is 4.74 Å². The molecule has 0 atom stereocenters. The van der Waals surface area contributed by atoms with Crippen molar-refractivity contribution in [3.63, 3.8) is 0 Å². The average molecular weight is 283 g/mol. The van der Waals surface area contributed by atoms with E-state index in [-0.39, 0.29) is 0 Å². The van der Waals surface area contributed by atoms with E-state index in [1.165, 1.54) is 5.56 Å². The maximum Gasteiger partial charge on any atom is 0.146 e. The predicted octanol–water partition coefficient (Wildman–Crippen LogP) is 5.08. The Labute approximate surface area is 124 Å². The van der Waals surface area contributed by atoms with Gasteiger partial charge in [0.2, 0.25) is 0 Å². The number of benzene rings is 2. The van der Waals surface area contributed by atoms with Crippen molar-refractivity contribution in [1.82, 2.24) is 0 Å².